The van der Waals surface area contributed by atoms with E-state index >= 15 is 0 Å². The van der Waals surface area contributed by atoms with E-state index in [9.17, 15) is 4.79 Å². The molecule has 0 radical (unpaired) electrons. The van der Waals surface area contributed by atoms with Crippen molar-refractivity contribution in [3.63, 3.8) is 0 Å². The lowest BCUT2D eigenvalue weighted by Gasteiger charge is -2.45. The first kappa shape index (κ1) is 20.1. The third kappa shape index (κ3) is 3.02. The van der Waals surface area contributed by atoms with Crippen molar-refractivity contribution in [1.82, 2.24) is 0 Å². The Hall–Kier alpha value is -0.216. The SMILES string of the molecule is CO[Si](OC)(OC)C1CC[NH+]1C(=O)[NH+]1CCC1[Si](OC)(OC)OC. The van der Waals surface area contributed by atoms with Crippen LogP contribution in [0.1, 0.15) is 12.8 Å². The van der Waals surface area contributed by atoms with Crippen LogP contribution in [-0.2, 0) is 26.6 Å². The lowest BCUT2D eigenvalue weighted by Crippen LogP contribution is -3.44. The number of likely N-dealkylation sites (tertiary alicyclic amines) is 2. The normalized spacial score (nSPS) is 30.6. The Morgan fingerprint density at radius 3 is 1.17 bits per heavy atom. The van der Waals surface area contributed by atoms with Gasteiger partial charge in [-0.1, -0.05) is 0 Å². The second-order valence-corrected chi connectivity index (χ2v) is 12.3. The van der Waals surface area contributed by atoms with Gasteiger partial charge in [0, 0.05) is 42.7 Å². The lowest BCUT2D eigenvalue weighted by molar-refractivity contribution is -1.00. The van der Waals surface area contributed by atoms with E-state index in [2.05, 4.69) is 0 Å². The van der Waals surface area contributed by atoms with Gasteiger partial charge in [0.2, 0.25) is 0 Å². The van der Waals surface area contributed by atoms with Crippen LogP contribution in [-0.4, -0.2) is 90.7 Å². The van der Waals surface area contributed by atoms with Crippen LogP contribution in [0, 0.1) is 0 Å². The van der Waals surface area contributed by atoms with Crippen molar-refractivity contribution in [2.24, 2.45) is 0 Å². The van der Waals surface area contributed by atoms with Crippen molar-refractivity contribution >= 4 is 23.6 Å². The molecule has 2 aliphatic rings. The molecule has 9 nitrogen and oxygen atoms in total. The van der Waals surface area contributed by atoms with E-state index in [0.29, 0.717) is 0 Å². The van der Waals surface area contributed by atoms with Crippen molar-refractivity contribution in [2.75, 3.05) is 55.7 Å². The maximum absolute atomic E-state index is 13.1. The third-order valence-corrected chi connectivity index (χ3v) is 11.8. The molecule has 0 spiro atoms. The highest BCUT2D eigenvalue weighted by atomic mass is 28.4. The van der Waals surface area contributed by atoms with E-state index in [0.717, 1.165) is 35.7 Å². The van der Waals surface area contributed by atoms with E-state index in [1.54, 1.807) is 42.7 Å². The summed E-state index contributed by atoms with van der Waals surface area (Å²) < 4.78 is 33.3. The molecule has 0 aromatic carbocycles. The summed E-state index contributed by atoms with van der Waals surface area (Å²) in [6, 6.07) is 0.0913. The molecule has 2 heterocycles. The Morgan fingerprint density at radius 1 is 0.708 bits per heavy atom. The van der Waals surface area contributed by atoms with Gasteiger partial charge in [0.25, 0.3) is 0 Å². The first-order valence-corrected chi connectivity index (χ1v) is 11.7. The summed E-state index contributed by atoms with van der Waals surface area (Å²) in [6.45, 7) is 1.51. The maximum Gasteiger partial charge on any atom is 0.562 e. The van der Waals surface area contributed by atoms with E-state index < -0.39 is 17.6 Å². The second kappa shape index (κ2) is 7.99. The molecule has 0 aromatic heterocycles. The van der Waals surface area contributed by atoms with Crippen LogP contribution in [0.3, 0.4) is 0 Å². The van der Waals surface area contributed by atoms with Gasteiger partial charge in [-0.3, -0.25) is 0 Å². The standard InChI is InChI=1S/C13H28N2O7Si2/c1-17-23(18-2,19-3)11-7-9-14(11)13(16)15-10-8-12(15)24(20-4,21-5)22-6/h11-12H,7-10H2,1-6H3/p+2. The number of hydrogen-bond acceptors (Lipinski definition) is 7. The van der Waals surface area contributed by atoms with E-state index in [1.165, 1.54) is 0 Å². The molecule has 0 aromatic rings. The Bertz CT molecular complexity index is 394. The molecule has 2 amide bonds. The molecule has 4 unspecified atom stereocenters. The first-order valence-electron chi connectivity index (χ1n) is 8.06. The van der Waals surface area contributed by atoms with E-state index in [1.807, 2.05) is 0 Å². The highest BCUT2D eigenvalue weighted by Crippen LogP contribution is 2.18. The summed E-state index contributed by atoms with van der Waals surface area (Å²) in [5.41, 5.74) is -0.134. The fourth-order valence-corrected chi connectivity index (χ4v) is 8.86. The molecule has 0 saturated carbocycles. The maximum atomic E-state index is 13.1. The van der Waals surface area contributed by atoms with Crippen LogP contribution < -0.4 is 9.80 Å². The Morgan fingerprint density at radius 2 is 1.00 bits per heavy atom. The number of urea groups is 1. The average molecular weight is 383 g/mol. The molecule has 2 saturated heterocycles. The summed E-state index contributed by atoms with van der Waals surface area (Å²) in [6.07, 6.45) is 1.70. The fraction of sp³-hybridized carbons (Fsp3) is 0.923. The van der Waals surface area contributed by atoms with E-state index in [-0.39, 0.29) is 17.4 Å². The molecule has 2 fully saturated rings. The third-order valence-electron chi connectivity index (χ3n) is 5.39. The summed E-state index contributed by atoms with van der Waals surface area (Å²) in [4.78, 5) is 14.7. The minimum absolute atomic E-state index is 0.0672. The van der Waals surface area contributed by atoms with Crippen molar-refractivity contribution in [2.45, 2.75) is 24.2 Å². The van der Waals surface area contributed by atoms with Crippen LogP contribution in [0.4, 0.5) is 4.79 Å². The number of quaternary nitrogens is 2. The highest BCUT2D eigenvalue weighted by molar-refractivity contribution is 6.62. The van der Waals surface area contributed by atoms with Gasteiger partial charge in [0.05, 0.1) is 25.9 Å². The van der Waals surface area contributed by atoms with Crippen molar-refractivity contribution < 1.29 is 41.2 Å². The number of rotatable bonds is 8. The molecule has 0 aliphatic carbocycles. The molecule has 2 N–H and O–H groups in total. The fourth-order valence-electron chi connectivity index (χ4n) is 3.75. The van der Waals surface area contributed by atoms with Crippen LogP contribution in [0.5, 0.6) is 0 Å². The minimum Gasteiger partial charge on any atom is -0.373 e. The van der Waals surface area contributed by atoms with Crippen LogP contribution in [0.15, 0.2) is 0 Å². The zero-order chi connectivity index (χ0) is 18.0. The predicted molar refractivity (Wildman–Crippen MR) is 87.4 cm³/mol. The van der Waals surface area contributed by atoms with Crippen molar-refractivity contribution in [1.29, 1.82) is 0 Å². The predicted octanol–water partition coefficient (Wildman–Crippen LogP) is -2.74. The smallest absolute Gasteiger partial charge is 0.373 e. The van der Waals surface area contributed by atoms with Crippen LogP contribution >= 0.6 is 0 Å². The zero-order valence-electron chi connectivity index (χ0n) is 15.3. The number of carbonyl (C=O) groups is 1. The highest BCUT2D eigenvalue weighted by Gasteiger charge is 2.67. The summed E-state index contributed by atoms with van der Waals surface area (Å²) in [7, 11) is 3.80. The van der Waals surface area contributed by atoms with Gasteiger partial charge >= 0.3 is 23.6 Å². The molecule has 2 rings (SSSR count). The number of amides is 2. The van der Waals surface area contributed by atoms with Gasteiger partial charge in [-0.05, 0) is 0 Å². The molecular formula is C13H30N2O7Si2+2. The lowest BCUT2D eigenvalue weighted by atomic mass is 10.2. The van der Waals surface area contributed by atoms with Gasteiger partial charge in [-0.25, -0.2) is 9.80 Å². The van der Waals surface area contributed by atoms with Crippen LogP contribution in [0.2, 0.25) is 0 Å². The Labute approximate surface area is 145 Å². The number of carbonyl (C=O) groups excluding carboxylic acids is 1. The summed E-state index contributed by atoms with van der Waals surface area (Å²) in [5, 5.41) is 0. The van der Waals surface area contributed by atoms with Gasteiger partial charge in [0.1, 0.15) is 0 Å². The molecule has 2 aliphatic heterocycles. The van der Waals surface area contributed by atoms with Crippen molar-refractivity contribution in [3.05, 3.63) is 0 Å². The summed E-state index contributed by atoms with van der Waals surface area (Å²) >= 11 is 0. The molecule has 24 heavy (non-hydrogen) atoms. The summed E-state index contributed by atoms with van der Waals surface area (Å²) in [5.74, 6) is 0. The molecule has 4 atom stereocenters. The molecular weight excluding hydrogens is 352 g/mol. The molecule has 0 bridgehead atoms. The van der Waals surface area contributed by atoms with Gasteiger partial charge < -0.3 is 26.6 Å². The average Bonchev–Trinajstić information content (AvgIpc) is 2.55. The first-order chi connectivity index (χ1) is 11.5. The largest absolute Gasteiger partial charge is 0.562 e. The van der Waals surface area contributed by atoms with Gasteiger partial charge in [-0.15, -0.1) is 0 Å². The molecule has 140 valence electrons. The second-order valence-electron chi connectivity index (χ2n) is 5.99. The number of hydrogen-bond donors (Lipinski definition) is 2. The van der Waals surface area contributed by atoms with Crippen LogP contribution in [0.25, 0.3) is 0 Å². The number of nitrogens with one attached hydrogen (secondary N) is 2. The van der Waals surface area contributed by atoms with E-state index in [4.69, 9.17) is 26.6 Å². The molecule has 11 heteroatoms. The topological polar surface area (TPSA) is 81.3 Å². The quantitative estimate of drug-likeness (QED) is 0.441. The Balaban J connectivity index is 2.12. The minimum atomic E-state index is -2.84. The zero-order valence-corrected chi connectivity index (χ0v) is 17.3. The van der Waals surface area contributed by atoms with Gasteiger partial charge in [0.15, 0.2) is 11.3 Å². The van der Waals surface area contributed by atoms with Crippen molar-refractivity contribution in [3.8, 4) is 0 Å². The monoisotopic (exact) mass is 382 g/mol. The van der Waals surface area contributed by atoms with Gasteiger partial charge in [-0.2, -0.15) is 4.79 Å². The Kier molecular flexibility index (Phi) is 6.69.